The normalized spacial score (nSPS) is 15.2. The summed E-state index contributed by atoms with van der Waals surface area (Å²) in [7, 11) is 1.57. The largest absolute Gasteiger partial charge is 0.368 e. The number of nitrogens with zero attached hydrogens (tertiary/aromatic N) is 2. The molecule has 3 rings (SSSR count). The zero-order chi connectivity index (χ0) is 15.6. The summed E-state index contributed by atoms with van der Waals surface area (Å²) in [4.78, 5) is 11.4. The molecular formula is C16H17ClN4O. The molecular weight excluding hydrogens is 300 g/mol. The summed E-state index contributed by atoms with van der Waals surface area (Å²) in [6.07, 6.45) is 2.26. The Bertz CT molecular complexity index is 683. The van der Waals surface area contributed by atoms with Crippen LogP contribution < -0.4 is 10.6 Å². The van der Waals surface area contributed by atoms with Crippen LogP contribution in [0.2, 0.25) is 5.02 Å². The Hall–Kier alpha value is -2.14. The first-order chi connectivity index (χ1) is 10.6. The van der Waals surface area contributed by atoms with E-state index in [1.807, 2.05) is 18.2 Å². The lowest BCUT2D eigenvalue weighted by Gasteiger charge is -2.17. The van der Waals surface area contributed by atoms with Crippen LogP contribution in [0.15, 0.2) is 36.4 Å². The predicted octanol–water partition coefficient (Wildman–Crippen LogP) is 2.63. The maximum atomic E-state index is 11.4. The lowest BCUT2D eigenvalue weighted by Crippen LogP contribution is -2.22. The van der Waals surface area contributed by atoms with Gasteiger partial charge in [0.25, 0.3) is 5.91 Å². The van der Waals surface area contributed by atoms with E-state index in [4.69, 9.17) is 11.6 Å². The number of amides is 1. The summed E-state index contributed by atoms with van der Waals surface area (Å²) in [6.45, 7) is 0.779. The Morgan fingerprint density at radius 1 is 1.27 bits per heavy atom. The molecule has 6 heteroatoms. The van der Waals surface area contributed by atoms with Gasteiger partial charge in [0, 0.05) is 24.0 Å². The summed E-state index contributed by atoms with van der Waals surface area (Å²) < 4.78 is 0. The first-order valence-electron chi connectivity index (χ1n) is 7.19. The average molecular weight is 317 g/mol. The molecule has 2 aromatic rings. The van der Waals surface area contributed by atoms with Crippen LogP contribution in [-0.4, -0.2) is 29.7 Å². The van der Waals surface area contributed by atoms with Gasteiger partial charge in [0.05, 0.1) is 0 Å². The van der Waals surface area contributed by atoms with Crippen molar-refractivity contribution in [3.63, 3.8) is 0 Å². The van der Waals surface area contributed by atoms with Crippen molar-refractivity contribution in [1.82, 2.24) is 15.5 Å². The number of halogens is 1. The first kappa shape index (κ1) is 14.8. The van der Waals surface area contributed by atoms with E-state index < -0.39 is 0 Å². The third-order valence-electron chi connectivity index (χ3n) is 4.02. The van der Waals surface area contributed by atoms with Crippen LogP contribution in [0.4, 0.5) is 5.82 Å². The van der Waals surface area contributed by atoms with Crippen molar-refractivity contribution in [2.75, 3.05) is 18.9 Å². The Morgan fingerprint density at radius 3 is 2.68 bits per heavy atom. The Labute approximate surface area is 134 Å². The molecule has 1 aromatic heterocycles. The molecule has 0 atom stereocenters. The molecule has 0 spiro atoms. The molecule has 1 heterocycles. The van der Waals surface area contributed by atoms with E-state index in [1.54, 1.807) is 19.2 Å². The van der Waals surface area contributed by atoms with E-state index in [2.05, 4.69) is 26.9 Å². The van der Waals surface area contributed by atoms with Crippen LogP contribution >= 0.6 is 11.6 Å². The molecule has 0 bridgehead atoms. The van der Waals surface area contributed by atoms with Gasteiger partial charge in [-0.15, -0.1) is 10.2 Å². The van der Waals surface area contributed by atoms with E-state index in [1.165, 1.54) is 5.56 Å². The number of carbonyl (C=O) groups excluding carboxylic acids is 1. The van der Waals surface area contributed by atoms with Crippen molar-refractivity contribution < 1.29 is 4.79 Å². The predicted molar refractivity (Wildman–Crippen MR) is 86.3 cm³/mol. The Morgan fingerprint density at radius 2 is 2.09 bits per heavy atom. The number of hydrogen-bond acceptors (Lipinski definition) is 4. The van der Waals surface area contributed by atoms with Crippen molar-refractivity contribution in [1.29, 1.82) is 0 Å². The zero-order valence-corrected chi connectivity index (χ0v) is 13.0. The zero-order valence-electron chi connectivity index (χ0n) is 12.3. The van der Waals surface area contributed by atoms with Crippen LogP contribution in [0, 0.1) is 0 Å². The lowest BCUT2D eigenvalue weighted by atomic mass is 9.96. The Balaban J connectivity index is 1.66. The maximum Gasteiger partial charge on any atom is 0.271 e. The Kier molecular flexibility index (Phi) is 3.98. The SMILES string of the molecule is CNC(=O)c1ccc(NCC2(c3cccc(Cl)c3)CC2)nn1. The molecule has 1 amide bonds. The second-order valence-corrected chi connectivity index (χ2v) is 5.96. The van der Waals surface area contributed by atoms with Gasteiger partial charge in [0.1, 0.15) is 5.82 Å². The minimum Gasteiger partial charge on any atom is -0.368 e. The summed E-state index contributed by atoms with van der Waals surface area (Å²) in [5, 5.41) is 14.5. The molecule has 1 aliphatic carbocycles. The highest BCUT2D eigenvalue weighted by Gasteiger charge is 2.44. The minimum absolute atomic E-state index is 0.131. The fraction of sp³-hybridized carbons (Fsp3) is 0.312. The monoisotopic (exact) mass is 316 g/mol. The van der Waals surface area contributed by atoms with Crippen molar-refractivity contribution in [3.05, 3.63) is 52.7 Å². The number of anilines is 1. The molecule has 0 radical (unpaired) electrons. The van der Waals surface area contributed by atoms with E-state index in [-0.39, 0.29) is 11.3 Å². The second-order valence-electron chi connectivity index (χ2n) is 5.53. The van der Waals surface area contributed by atoms with Gasteiger partial charge >= 0.3 is 0 Å². The van der Waals surface area contributed by atoms with Crippen LogP contribution in [-0.2, 0) is 5.41 Å². The van der Waals surface area contributed by atoms with Gasteiger partial charge in [-0.2, -0.15) is 0 Å². The molecule has 0 unspecified atom stereocenters. The molecule has 0 saturated heterocycles. The van der Waals surface area contributed by atoms with Gasteiger partial charge < -0.3 is 10.6 Å². The molecule has 1 aromatic carbocycles. The van der Waals surface area contributed by atoms with Gasteiger partial charge in [-0.3, -0.25) is 4.79 Å². The number of rotatable bonds is 5. The van der Waals surface area contributed by atoms with E-state index >= 15 is 0 Å². The van der Waals surface area contributed by atoms with Crippen LogP contribution in [0.3, 0.4) is 0 Å². The quantitative estimate of drug-likeness (QED) is 0.890. The highest BCUT2D eigenvalue weighted by molar-refractivity contribution is 6.30. The first-order valence-corrected chi connectivity index (χ1v) is 7.56. The number of hydrogen-bond donors (Lipinski definition) is 2. The lowest BCUT2D eigenvalue weighted by molar-refractivity contribution is 0.0957. The molecule has 1 fully saturated rings. The van der Waals surface area contributed by atoms with Gasteiger partial charge in [-0.1, -0.05) is 23.7 Å². The summed E-state index contributed by atoms with van der Waals surface area (Å²) >= 11 is 6.08. The van der Waals surface area contributed by atoms with Crippen LogP contribution in [0.5, 0.6) is 0 Å². The van der Waals surface area contributed by atoms with Crippen LogP contribution in [0.25, 0.3) is 0 Å². The molecule has 114 valence electrons. The maximum absolute atomic E-state index is 11.4. The van der Waals surface area contributed by atoms with Gasteiger partial charge in [0.2, 0.25) is 0 Å². The number of aromatic nitrogens is 2. The summed E-state index contributed by atoms with van der Waals surface area (Å²) in [5.74, 6) is 0.428. The van der Waals surface area contributed by atoms with Crippen molar-refractivity contribution in [2.24, 2.45) is 0 Å². The third-order valence-corrected chi connectivity index (χ3v) is 4.26. The highest BCUT2D eigenvalue weighted by Crippen LogP contribution is 2.48. The number of nitrogens with one attached hydrogen (secondary N) is 2. The molecule has 5 nitrogen and oxygen atoms in total. The molecule has 2 N–H and O–H groups in total. The number of benzene rings is 1. The fourth-order valence-electron chi connectivity index (χ4n) is 2.47. The van der Waals surface area contributed by atoms with Crippen molar-refractivity contribution in [3.8, 4) is 0 Å². The molecule has 1 aliphatic rings. The third kappa shape index (κ3) is 3.04. The van der Waals surface area contributed by atoms with Gasteiger partial charge in [-0.05, 0) is 42.7 Å². The smallest absolute Gasteiger partial charge is 0.271 e. The van der Waals surface area contributed by atoms with Gasteiger partial charge in [-0.25, -0.2) is 0 Å². The second kappa shape index (κ2) is 5.93. The fourth-order valence-corrected chi connectivity index (χ4v) is 2.66. The molecule has 0 aliphatic heterocycles. The highest BCUT2D eigenvalue weighted by atomic mass is 35.5. The summed E-state index contributed by atoms with van der Waals surface area (Å²) in [6, 6.07) is 11.4. The van der Waals surface area contributed by atoms with E-state index in [0.29, 0.717) is 11.5 Å². The van der Waals surface area contributed by atoms with Crippen molar-refractivity contribution >= 4 is 23.3 Å². The van der Waals surface area contributed by atoms with E-state index in [9.17, 15) is 4.79 Å². The van der Waals surface area contributed by atoms with E-state index in [0.717, 1.165) is 24.4 Å². The summed E-state index contributed by atoms with van der Waals surface area (Å²) in [5.41, 5.74) is 1.69. The molecule has 1 saturated carbocycles. The average Bonchev–Trinajstić information content (AvgIpc) is 3.34. The molecule has 22 heavy (non-hydrogen) atoms. The topological polar surface area (TPSA) is 66.9 Å². The van der Waals surface area contributed by atoms with Crippen LogP contribution in [0.1, 0.15) is 28.9 Å². The minimum atomic E-state index is -0.239. The number of carbonyl (C=O) groups is 1. The van der Waals surface area contributed by atoms with Crippen molar-refractivity contribution in [2.45, 2.75) is 18.3 Å². The van der Waals surface area contributed by atoms with Gasteiger partial charge in [0.15, 0.2) is 5.69 Å². The standard InChI is InChI=1S/C16H17ClN4O/c1-18-15(22)13-5-6-14(21-20-13)19-10-16(7-8-16)11-3-2-4-12(17)9-11/h2-6,9H,7-8,10H2,1H3,(H,18,22)(H,19,21).